The van der Waals surface area contributed by atoms with Crippen molar-refractivity contribution in [2.24, 2.45) is 0 Å². The molecule has 0 aromatic heterocycles. The molecular weight excluding hydrogens is 556 g/mol. The minimum atomic E-state index is -0.981. The van der Waals surface area contributed by atoms with Crippen LogP contribution in [-0.2, 0) is 5.41 Å². The van der Waals surface area contributed by atoms with Crippen LogP contribution in [0.3, 0.4) is 0 Å². The van der Waals surface area contributed by atoms with Gasteiger partial charge in [-0.1, -0.05) is 118 Å². The van der Waals surface area contributed by atoms with E-state index in [1.165, 1.54) is 41.5 Å². The van der Waals surface area contributed by atoms with Gasteiger partial charge in [0.15, 0.2) is 0 Å². The van der Waals surface area contributed by atoms with Gasteiger partial charge >= 0.3 is 5.97 Å². The fraction of sp³-hybridized carbons (Fsp3) is 0.390. The molecule has 0 aliphatic heterocycles. The molecule has 0 amide bonds. The van der Waals surface area contributed by atoms with E-state index in [0.717, 1.165) is 65.7 Å². The van der Waals surface area contributed by atoms with Crippen LogP contribution in [-0.4, -0.2) is 24.3 Å². The summed E-state index contributed by atoms with van der Waals surface area (Å²) in [4.78, 5) is 12.7. The lowest BCUT2D eigenvalue weighted by atomic mass is 9.67. The lowest BCUT2D eigenvalue weighted by Crippen LogP contribution is -2.29. The highest BCUT2D eigenvalue weighted by molar-refractivity contribution is 5.93. The number of benzene rings is 4. The molecule has 4 nitrogen and oxygen atoms in total. The molecule has 0 unspecified atom stereocenters. The molecular formula is C41H48O4. The fourth-order valence-electron chi connectivity index (χ4n) is 6.86. The third-order valence-corrected chi connectivity index (χ3v) is 9.21. The van der Waals surface area contributed by atoms with Crippen LogP contribution >= 0.6 is 0 Å². The standard InChI is InChI=1S/C41H48O4/c1-6-8-10-12-22-44-38-20-16-31(26-30(38)5)41(32-17-21-39(35(27-32)40(42)43)45-23-13-11-9-7-2)36-24-28(3)14-18-33(36)34-19-15-29(4)25-37(34)41/h14-21,24-27H,6-13,22-23H2,1-5H3,(H,42,43). The molecule has 1 aliphatic carbocycles. The molecule has 1 aliphatic rings. The molecule has 0 saturated carbocycles. The van der Waals surface area contributed by atoms with Gasteiger partial charge in [0.05, 0.1) is 18.6 Å². The maximum Gasteiger partial charge on any atom is 0.339 e. The Labute approximate surface area is 269 Å². The third-order valence-electron chi connectivity index (χ3n) is 9.21. The topological polar surface area (TPSA) is 55.8 Å². The van der Waals surface area contributed by atoms with Crippen LogP contribution in [0.1, 0.15) is 115 Å². The normalized spacial score (nSPS) is 12.9. The Morgan fingerprint density at radius 1 is 0.622 bits per heavy atom. The number of carboxylic acid groups (broad SMARTS) is 1. The zero-order valence-corrected chi connectivity index (χ0v) is 27.7. The molecule has 236 valence electrons. The Kier molecular flexibility index (Phi) is 10.3. The number of fused-ring (bicyclic) bond motifs is 3. The van der Waals surface area contributed by atoms with Crippen molar-refractivity contribution in [2.75, 3.05) is 13.2 Å². The maximum absolute atomic E-state index is 12.7. The summed E-state index contributed by atoms with van der Waals surface area (Å²) < 4.78 is 12.3. The SMILES string of the molecule is CCCCCCOc1ccc(C2(c3ccc(OCCCCCC)c(C(=O)O)c3)c3cc(C)ccc3-c3ccc(C)cc32)cc1C. The Hall–Kier alpha value is -4.05. The molecule has 1 N–H and O–H groups in total. The Morgan fingerprint density at radius 2 is 1.13 bits per heavy atom. The lowest BCUT2D eigenvalue weighted by molar-refractivity contribution is 0.0692. The highest BCUT2D eigenvalue weighted by Gasteiger charge is 2.47. The van der Waals surface area contributed by atoms with E-state index in [0.29, 0.717) is 19.0 Å². The van der Waals surface area contributed by atoms with E-state index in [4.69, 9.17) is 9.47 Å². The van der Waals surface area contributed by atoms with E-state index in [-0.39, 0.29) is 5.56 Å². The van der Waals surface area contributed by atoms with Crippen LogP contribution in [0, 0.1) is 20.8 Å². The predicted molar refractivity (Wildman–Crippen MR) is 184 cm³/mol. The van der Waals surface area contributed by atoms with Crippen LogP contribution < -0.4 is 9.47 Å². The van der Waals surface area contributed by atoms with Gasteiger partial charge in [0.1, 0.15) is 17.1 Å². The second-order valence-corrected chi connectivity index (χ2v) is 12.7. The van der Waals surface area contributed by atoms with Gasteiger partial charge in [-0.15, -0.1) is 0 Å². The monoisotopic (exact) mass is 604 g/mol. The summed E-state index contributed by atoms with van der Waals surface area (Å²) in [5.74, 6) is 0.341. The molecule has 4 aromatic rings. The summed E-state index contributed by atoms with van der Waals surface area (Å²) in [7, 11) is 0. The van der Waals surface area contributed by atoms with Gasteiger partial charge in [0.25, 0.3) is 0 Å². The van der Waals surface area contributed by atoms with Gasteiger partial charge in [-0.2, -0.15) is 0 Å². The number of carboxylic acids is 1. The van der Waals surface area contributed by atoms with Gasteiger partial charge in [0, 0.05) is 0 Å². The fourth-order valence-corrected chi connectivity index (χ4v) is 6.86. The maximum atomic E-state index is 12.7. The average Bonchev–Trinajstić information content (AvgIpc) is 3.30. The number of rotatable bonds is 15. The molecule has 0 fully saturated rings. The van der Waals surface area contributed by atoms with Gasteiger partial charge in [0.2, 0.25) is 0 Å². The summed E-state index contributed by atoms with van der Waals surface area (Å²) >= 11 is 0. The molecule has 4 heteroatoms. The summed E-state index contributed by atoms with van der Waals surface area (Å²) in [6, 6.07) is 25.6. The zero-order chi connectivity index (χ0) is 32.0. The summed E-state index contributed by atoms with van der Waals surface area (Å²) in [5.41, 5.74) is 9.59. The summed E-state index contributed by atoms with van der Waals surface area (Å²) in [6.07, 6.45) is 8.92. The molecule has 5 rings (SSSR count). The van der Waals surface area contributed by atoms with Crippen molar-refractivity contribution in [3.8, 4) is 22.6 Å². The first-order chi connectivity index (χ1) is 21.8. The first-order valence-electron chi connectivity index (χ1n) is 16.8. The van der Waals surface area contributed by atoms with Gasteiger partial charge < -0.3 is 14.6 Å². The minimum Gasteiger partial charge on any atom is -0.493 e. The van der Waals surface area contributed by atoms with E-state index in [9.17, 15) is 9.90 Å². The van der Waals surface area contributed by atoms with E-state index in [1.807, 2.05) is 12.1 Å². The number of carbonyl (C=O) groups is 1. The second kappa shape index (κ2) is 14.4. The predicted octanol–water partition coefficient (Wildman–Crippen LogP) is 10.6. The second-order valence-electron chi connectivity index (χ2n) is 12.7. The summed E-state index contributed by atoms with van der Waals surface area (Å²) in [5, 5.41) is 10.4. The molecule has 45 heavy (non-hydrogen) atoms. The molecule has 4 aromatic carbocycles. The van der Waals surface area contributed by atoms with Crippen molar-refractivity contribution in [2.45, 2.75) is 91.4 Å². The first kappa shape index (κ1) is 32.3. The van der Waals surface area contributed by atoms with Crippen LogP contribution in [0.4, 0.5) is 0 Å². The van der Waals surface area contributed by atoms with Crippen LogP contribution in [0.15, 0.2) is 72.8 Å². The Balaban J connectivity index is 1.67. The largest absolute Gasteiger partial charge is 0.493 e. The third kappa shape index (κ3) is 6.52. The number of unbranched alkanes of at least 4 members (excludes halogenated alkanes) is 6. The van der Waals surface area contributed by atoms with E-state index >= 15 is 0 Å². The van der Waals surface area contributed by atoms with Crippen molar-refractivity contribution < 1.29 is 19.4 Å². The van der Waals surface area contributed by atoms with Gasteiger partial charge in [-0.3, -0.25) is 0 Å². The molecule has 0 bridgehead atoms. The number of aryl methyl sites for hydroxylation is 3. The van der Waals surface area contributed by atoms with Crippen molar-refractivity contribution in [1.29, 1.82) is 0 Å². The molecule has 0 radical (unpaired) electrons. The number of hydrogen-bond donors (Lipinski definition) is 1. The molecule has 0 atom stereocenters. The van der Waals surface area contributed by atoms with E-state index in [1.54, 1.807) is 0 Å². The van der Waals surface area contributed by atoms with Crippen LogP contribution in [0.2, 0.25) is 0 Å². The van der Waals surface area contributed by atoms with E-state index in [2.05, 4.69) is 95.3 Å². The van der Waals surface area contributed by atoms with Crippen molar-refractivity contribution in [1.82, 2.24) is 0 Å². The van der Waals surface area contributed by atoms with Crippen LogP contribution in [0.5, 0.6) is 11.5 Å². The van der Waals surface area contributed by atoms with Crippen LogP contribution in [0.25, 0.3) is 11.1 Å². The minimum absolute atomic E-state index is 0.196. The number of ether oxygens (including phenoxy) is 2. The zero-order valence-electron chi connectivity index (χ0n) is 27.7. The molecule has 0 spiro atoms. The van der Waals surface area contributed by atoms with Gasteiger partial charge in [-0.25, -0.2) is 4.79 Å². The number of aromatic carboxylic acids is 1. The molecule has 0 heterocycles. The molecule has 0 saturated heterocycles. The smallest absolute Gasteiger partial charge is 0.339 e. The van der Waals surface area contributed by atoms with Crippen molar-refractivity contribution >= 4 is 5.97 Å². The Morgan fingerprint density at radius 3 is 1.64 bits per heavy atom. The lowest BCUT2D eigenvalue weighted by Gasteiger charge is -2.35. The first-order valence-corrected chi connectivity index (χ1v) is 16.8. The number of hydrogen-bond acceptors (Lipinski definition) is 3. The quantitative estimate of drug-likeness (QED) is 0.121. The van der Waals surface area contributed by atoms with Crippen molar-refractivity contribution in [3.05, 3.63) is 117 Å². The van der Waals surface area contributed by atoms with Gasteiger partial charge in [-0.05, 0) is 90.8 Å². The van der Waals surface area contributed by atoms with E-state index < -0.39 is 11.4 Å². The van der Waals surface area contributed by atoms with Crippen molar-refractivity contribution in [3.63, 3.8) is 0 Å². The highest BCUT2D eigenvalue weighted by Crippen LogP contribution is 2.57. The Bertz CT molecular complexity index is 1600. The summed E-state index contributed by atoms with van der Waals surface area (Å²) in [6.45, 7) is 12.0. The average molecular weight is 605 g/mol. The highest BCUT2D eigenvalue weighted by atomic mass is 16.5.